The molecule has 1 aliphatic carbocycles. The van der Waals surface area contributed by atoms with Crippen LogP contribution in [-0.2, 0) is 4.74 Å². The molecule has 90 valence electrons. The van der Waals surface area contributed by atoms with Gasteiger partial charge in [0.05, 0.1) is 0 Å². The maximum absolute atomic E-state index is 6.38. The van der Waals surface area contributed by atoms with Crippen molar-refractivity contribution in [2.45, 2.75) is 56.5 Å². The molecule has 0 heterocycles. The topological polar surface area (TPSA) is 12.5 Å². The second-order valence-electron chi connectivity index (χ2n) is 4.66. The Morgan fingerprint density at radius 3 is 2.67 bits per heavy atom. The van der Waals surface area contributed by atoms with Crippen molar-refractivity contribution in [3.8, 4) is 0 Å². The van der Waals surface area contributed by atoms with Crippen LogP contribution in [0.4, 0.5) is 0 Å². The van der Waals surface area contributed by atoms with E-state index < -0.39 is 0 Å². The largest absolute Gasteiger partial charge is 0.385 e. The number of ether oxygens (including phenoxy) is 1. The molecule has 2 nitrogen and oxygen atoms in total. The van der Waals surface area contributed by atoms with Crippen LogP contribution in [0, 0.1) is 0 Å². The van der Waals surface area contributed by atoms with Crippen LogP contribution in [0.1, 0.15) is 39.0 Å². The molecule has 0 aliphatic heterocycles. The highest BCUT2D eigenvalue weighted by Gasteiger charge is 2.28. The van der Waals surface area contributed by atoms with Gasteiger partial charge in [-0.15, -0.1) is 11.6 Å². The second-order valence-corrected chi connectivity index (χ2v) is 5.22. The van der Waals surface area contributed by atoms with E-state index in [0.29, 0.717) is 17.5 Å². The van der Waals surface area contributed by atoms with Crippen molar-refractivity contribution in [3.05, 3.63) is 0 Å². The zero-order valence-corrected chi connectivity index (χ0v) is 11.0. The molecule has 0 aromatic heterocycles. The lowest BCUT2D eigenvalue weighted by atomic mass is 9.93. The van der Waals surface area contributed by atoms with Gasteiger partial charge in [0.25, 0.3) is 0 Å². The van der Waals surface area contributed by atoms with E-state index in [4.69, 9.17) is 16.3 Å². The first kappa shape index (κ1) is 13.3. The van der Waals surface area contributed by atoms with Gasteiger partial charge in [0, 0.05) is 31.2 Å². The van der Waals surface area contributed by atoms with Gasteiger partial charge in [-0.25, -0.2) is 0 Å². The summed E-state index contributed by atoms with van der Waals surface area (Å²) in [7, 11) is 3.96. The summed E-state index contributed by atoms with van der Waals surface area (Å²) in [5, 5.41) is 0.341. The van der Waals surface area contributed by atoms with Gasteiger partial charge in [-0.2, -0.15) is 0 Å². The Bertz CT molecular complexity index is 177. The lowest BCUT2D eigenvalue weighted by molar-refractivity contribution is 0.111. The van der Waals surface area contributed by atoms with Crippen LogP contribution in [0.3, 0.4) is 0 Å². The smallest absolute Gasteiger partial charge is 0.0491 e. The minimum absolute atomic E-state index is 0.341. The molecular weight excluding hydrogens is 210 g/mol. The van der Waals surface area contributed by atoms with Crippen LogP contribution in [0.25, 0.3) is 0 Å². The molecule has 1 fully saturated rings. The Morgan fingerprint density at radius 1 is 1.40 bits per heavy atom. The maximum atomic E-state index is 6.38. The van der Waals surface area contributed by atoms with Crippen molar-refractivity contribution < 1.29 is 4.74 Å². The van der Waals surface area contributed by atoms with Gasteiger partial charge >= 0.3 is 0 Å². The molecule has 0 bridgehead atoms. The highest BCUT2D eigenvalue weighted by molar-refractivity contribution is 6.21. The van der Waals surface area contributed by atoms with Crippen LogP contribution in [-0.4, -0.2) is 43.1 Å². The SMILES string of the molecule is COCCC(C)N(C)C1CCCCC1Cl. The normalized spacial score (nSPS) is 29.4. The van der Waals surface area contributed by atoms with Gasteiger partial charge in [0.1, 0.15) is 0 Å². The predicted octanol–water partition coefficient (Wildman–Crippen LogP) is 2.89. The number of alkyl halides is 1. The first-order chi connectivity index (χ1) is 7.16. The van der Waals surface area contributed by atoms with E-state index >= 15 is 0 Å². The van der Waals surface area contributed by atoms with Crippen molar-refractivity contribution in [2.75, 3.05) is 20.8 Å². The fourth-order valence-electron chi connectivity index (χ4n) is 2.34. The second kappa shape index (κ2) is 6.72. The minimum atomic E-state index is 0.341. The summed E-state index contributed by atoms with van der Waals surface area (Å²) >= 11 is 6.38. The number of halogens is 1. The van der Waals surface area contributed by atoms with Crippen molar-refractivity contribution in [1.29, 1.82) is 0 Å². The molecule has 0 saturated heterocycles. The lowest BCUT2D eigenvalue weighted by Gasteiger charge is -2.38. The van der Waals surface area contributed by atoms with E-state index in [1.54, 1.807) is 7.11 Å². The molecule has 0 N–H and O–H groups in total. The molecule has 0 amide bonds. The van der Waals surface area contributed by atoms with Crippen LogP contribution in [0.2, 0.25) is 0 Å². The molecule has 1 aliphatic rings. The fraction of sp³-hybridized carbons (Fsp3) is 1.00. The quantitative estimate of drug-likeness (QED) is 0.678. The zero-order valence-electron chi connectivity index (χ0n) is 10.2. The number of nitrogens with zero attached hydrogens (tertiary/aromatic N) is 1. The first-order valence-corrected chi connectivity index (χ1v) is 6.45. The Balaban J connectivity index is 2.39. The molecule has 1 saturated carbocycles. The molecule has 3 heteroatoms. The summed E-state index contributed by atoms with van der Waals surface area (Å²) in [6, 6.07) is 1.13. The third-order valence-corrected chi connectivity index (χ3v) is 4.11. The number of methoxy groups -OCH3 is 1. The molecule has 0 aromatic carbocycles. The van der Waals surface area contributed by atoms with Crippen LogP contribution in [0.5, 0.6) is 0 Å². The summed E-state index contributed by atoms with van der Waals surface area (Å²) < 4.78 is 5.12. The summed E-state index contributed by atoms with van der Waals surface area (Å²) in [6.07, 6.45) is 6.14. The molecular formula is C12H24ClNO. The highest BCUT2D eigenvalue weighted by Crippen LogP contribution is 2.27. The third-order valence-electron chi connectivity index (χ3n) is 3.61. The Morgan fingerprint density at radius 2 is 2.07 bits per heavy atom. The van der Waals surface area contributed by atoms with Crippen molar-refractivity contribution in [1.82, 2.24) is 4.90 Å². The monoisotopic (exact) mass is 233 g/mol. The van der Waals surface area contributed by atoms with E-state index in [0.717, 1.165) is 13.0 Å². The molecule has 3 unspecified atom stereocenters. The van der Waals surface area contributed by atoms with Gasteiger partial charge in [0.2, 0.25) is 0 Å². The van der Waals surface area contributed by atoms with Crippen LogP contribution in [0.15, 0.2) is 0 Å². The van der Waals surface area contributed by atoms with Crippen molar-refractivity contribution in [3.63, 3.8) is 0 Å². The number of hydrogen-bond donors (Lipinski definition) is 0. The van der Waals surface area contributed by atoms with Crippen LogP contribution < -0.4 is 0 Å². The average molecular weight is 234 g/mol. The van der Waals surface area contributed by atoms with E-state index in [-0.39, 0.29) is 0 Å². The zero-order chi connectivity index (χ0) is 11.3. The summed E-state index contributed by atoms with van der Waals surface area (Å²) in [5.74, 6) is 0. The highest BCUT2D eigenvalue weighted by atomic mass is 35.5. The van der Waals surface area contributed by atoms with Gasteiger partial charge < -0.3 is 4.74 Å². The molecule has 0 radical (unpaired) electrons. The third kappa shape index (κ3) is 3.93. The number of hydrogen-bond acceptors (Lipinski definition) is 2. The van der Waals surface area contributed by atoms with E-state index in [1.165, 1.54) is 25.7 Å². The van der Waals surface area contributed by atoms with E-state index in [9.17, 15) is 0 Å². The minimum Gasteiger partial charge on any atom is -0.385 e. The molecule has 0 spiro atoms. The average Bonchev–Trinajstić information content (AvgIpc) is 2.25. The fourth-order valence-corrected chi connectivity index (χ4v) is 2.80. The summed E-state index contributed by atoms with van der Waals surface area (Å²) in [5.41, 5.74) is 0. The van der Waals surface area contributed by atoms with Gasteiger partial charge in [-0.1, -0.05) is 12.8 Å². The van der Waals surface area contributed by atoms with E-state index in [1.807, 2.05) is 0 Å². The molecule has 1 rings (SSSR count). The van der Waals surface area contributed by atoms with Crippen molar-refractivity contribution in [2.24, 2.45) is 0 Å². The molecule has 0 aromatic rings. The van der Waals surface area contributed by atoms with Crippen LogP contribution >= 0.6 is 11.6 Å². The standard InChI is InChI=1S/C12H24ClNO/c1-10(8-9-15-3)14(2)12-7-5-4-6-11(12)13/h10-12H,4-9H2,1-3H3. The Kier molecular flexibility index (Phi) is 5.95. The molecule has 3 atom stereocenters. The first-order valence-electron chi connectivity index (χ1n) is 6.01. The Labute approximate surface area is 98.9 Å². The number of rotatable bonds is 5. The summed E-state index contributed by atoms with van der Waals surface area (Å²) in [6.45, 7) is 3.10. The predicted molar refractivity (Wildman–Crippen MR) is 65.6 cm³/mol. The molecule has 15 heavy (non-hydrogen) atoms. The summed E-state index contributed by atoms with van der Waals surface area (Å²) in [4.78, 5) is 2.44. The maximum Gasteiger partial charge on any atom is 0.0491 e. The van der Waals surface area contributed by atoms with Crippen molar-refractivity contribution >= 4 is 11.6 Å². The Hall–Kier alpha value is 0.210. The van der Waals surface area contributed by atoms with Gasteiger partial charge in [-0.05, 0) is 33.2 Å². The van der Waals surface area contributed by atoms with E-state index in [2.05, 4.69) is 18.9 Å². The lowest BCUT2D eigenvalue weighted by Crippen LogP contribution is -2.45. The van der Waals surface area contributed by atoms with Gasteiger partial charge in [-0.3, -0.25) is 4.90 Å². The van der Waals surface area contributed by atoms with Gasteiger partial charge in [0.15, 0.2) is 0 Å².